The summed E-state index contributed by atoms with van der Waals surface area (Å²) in [4.78, 5) is 11.9. The number of nitrogens with one attached hydrogen (secondary N) is 1. The number of carbonyl (C=O) groups is 1. The Labute approximate surface area is 134 Å². The minimum atomic E-state index is -1.76. The molecule has 0 aliphatic heterocycles. The Morgan fingerprint density at radius 3 is 2.55 bits per heavy atom. The molecule has 1 N–H and O–H groups in total. The fourth-order valence-corrected chi connectivity index (χ4v) is 2.72. The number of carbonyl (C=O) groups excluding carboxylic acids is 1. The van der Waals surface area contributed by atoms with Crippen molar-refractivity contribution >= 4 is 20.1 Å². The van der Waals surface area contributed by atoms with Crippen molar-refractivity contribution < 1.29 is 14.0 Å². The molecule has 126 valence electrons. The van der Waals surface area contributed by atoms with Gasteiger partial charge < -0.3 is 14.5 Å². The molecule has 0 aromatic carbocycles. The average molecular weight is 328 g/mol. The van der Waals surface area contributed by atoms with Crippen LogP contribution in [0.4, 0.5) is 5.82 Å². The van der Waals surface area contributed by atoms with E-state index in [1.165, 1.54) is 0 Å². The second-order valence-corrected chi connectivity index (χ2v) is 11.5. The summed E-state index contributed by atoms with van der Waals surface area (Å²) in [6.45, 7) is 14.4. The summed E-state index contributed by atoms with van der Waals surface area (Å²) in [5.41, 5.74) is 0.455. The van der Waals surface area contributed by atoms with Crippen LogP contribution in [0.25, 0.3) is 0 Å². The van der Waals surface area contributed by atoms with Gasteiger partial charge in [0.25, 0.3) is 0 Å². The van der Waals surface area contributed by atoms with E-state index in [0.29, 0.717) is 31.1 Å². The van der Waals surface area contributed by atoms with Crippen LogP contribution in [0, 0.1) is 0 Å². The van der Waals surface area contributed by atoms with Gasteiger partial charge in [0.15, 0.2) is 14.1 Å². The highest BCUT2D eigenvalue weighted by Gasteiger charge is 2.36. The number of esters is 1. The van der Waals surface area contributed by atoms with Gasteiger partial charge in [-0.05, 0) is 25.1 Å². The molecule has 7 heteroatoms. The monoisotopic (exact) mass is 327 g/mol. The van der Waals surface area contributed by atoms with E-state index in [1.54, 1.807) is 24.9 Å². The first-order valence-electron chi connectivity index (χ1n) is 7.68. The van der Waals surface area contributed by atoms with Crippen LogP contribution in [-0.4, -0.2) is 44.3 Å². The molecule has 0 aliphatic rings. The smallest absolute Gasteiger partial charge is 0.343 e. The highest BCUT2D eigenvalue weighted by atomic mass is 28.4. The van der Waals surface area contributed by atoms with Gasteiger partial charge in [-0.2, -0.15) is 5.10 Å². The number of anilines is 1. The fourth-order valence-electron chi connectivity index (χ4n) is 1.69. The van der Waals surface area contributed by atoms with Gasteiger partial charge in [-0.1, -0.05) is 20.8 Å². The van der Waals surface area contributed by atoms with E-state index in [0.717, 1.165) is 0 Å². The molecular weight excluding hydrogens is 298 g/mol. The molecule has 0 aliphatic carbocycles. The van der Waals surface area contributed by atoms with Gasteiger partial charge in [-0.25, -0.2) is 4.79 Å². The van der Waals surface area contributed by atoms with Crippen molar-refractivity contribution in [2.75, 3.05) is 25.6 Å². The molecule has 1 rings (SSSR count). The molecule has 0 saturated heterocycles. The summed E-state index contributed by atoms with van der Waals surface area (Å²) < 4.78 is 12.9. The molecule has 22 heavy (non-hydrogen) atoms. The zero-order valence-corrected chi connectivity index (χ0v) is 15.8. The first-order chi connectivity index (χ1) is 10.1. The molecule has 0 fully saturated rings. The van der Waals surface area contributed by atoms with Crippen LogP contribution in [0.2, 0.25) is 18.1 Å². The Morgan fingerprint density at radius 2 is 2.05 bits per heavy atom. The second-order valence-electron chi connectivity index (χ2n) is 6.73. The topological polar surface area (TPSA) is 65.4 Å². The molecule has 0 bridgehead atoms. The van der Waals surface area contributed by atoms with E-state index >= 15 is 0 Å². The van der Waals surface area contributed by atoms with Crippen molar-refractivity contribution in [1.82, 2.24) is 9.78 Å². The largest absolute Gasteiger partial charge is 0.462 e. The lowest BCUT2D eigenvalue weighted by atomic mass is 10.2. The van der Waals surface area contributed by atoms with Crippen molar-refractivity contribution in [3.63, 3.8) is 0 Å². The Bertz CT molecular complexity index is 507. The van der Waals surface area contributed by atoms with Gasteiger partial charge in [0.1, 0.15) is 5.56 Å². The highest BCUT2D eigenvalue weighted by molar-refractivity contribution is 6.74. The Hall–Kier alpha value is -1.34. The third-order valence-corrected chi connectivity index (χ3v) is 8.62. The number of ether oxygens (including phenoxy) is 1. The molecular formula is C15H29N3O3Si. The number of aromatic nitrogens is 2. The third-order valence-electron chi connectivity index (χ3n) is 4.08. The maximum atomic E-state index is 11.9. The standard InChI is InChI=1S/C15H29N3O3Si/c1-8-20-14(19)12-11-18(17-13(12)16-5)9-10-21-22(6,7)15(2,3)4/h11H,8-10H2,1-7H3,(H,16,17). The lowest BCUT2D eigenvalue weighted by molar-refractivity contribution is 0.0527. The SMILES string of the molecule is CCOC(=O)c1cn(CCO[Si](C)(C)C(C)(C)C)nc1NC. The van der Waals surface area contributed by atoms with Gasteiger partial charge in [0.05, 0.1) is 19.8 Å². The van der Waals surface area contributed by atoms with Gasteiger partial charge in [-0.3, -0.25) is 4.68 Å². The zero-order chi connectivity index (χ0) is 17.0. The van der Waals surface area contributed by atoms with E-state index in [2.05, 4.69) is 44.3 Å². The minimum Gasteiger partial charge on any atom is -0.462 e. The van der Waals surface area contributed by atoms with E-state index in [-0.39, 0.29) is 11.0 Å². The quantitative estimate of drug-likeness (QED) is 0.616. The minimum absolute atomic E-state index is 0.184. The molecule has 1 aromatic heterocycles. The van der Waals surface area contributed by atoms with Crippen molar-refractivity contribution in [3.8, 4) is 0 Å². The van der Waals surface area contributed by atoms with Crippen LogP contribution in [0.15, 0.2) is 6.20 Å². The molecule has 1 heterocycles. The molecule has 1 aromatic rings. The molecule has 6 nitrogen and oxygen atoms in total. The zero-order valence-electron chi connectivity index (χ0n) is 14.8. The Kier molecular flexibility index (Phi) is 6.19. The van der Waals surface area contributed by atoms with Crippen molar-refractivity contribution in [2.24, 2.45) is 0 Å². The van der Waals surface area contributed by atoms with Crippen molar-refractivity contribution in [2.45, 2.75) is 52.4 Å². The summed E-state index contributed by atoms with van der Waals surface area (Å²) in [7, 11) is -0.0191. The van der Waals surface area contributed by atoms with Gasteiger partial charge in [0.2, 0.25) is 0 Å². The predicted molar refractivity (Wildman–Crippen MR) is 90.9 cm³/mol. The fraction of sp³-hybridized carbons (Fsp3) is 0.733. The molecule has 0 amide bonds. The number of rotatable bonds is 7. The predicted octanol–water partition coefficient (Wildman–Crippen LogP) is 3.12. The summed E-state index contributed by atoms with van der Waals surface area (Å²) in [6.07, 6.45) is 1.71. The molecule has 0 spiro atoms. The Balaban J connectivity index is 2.70. The Morgan fingerprint density at radius 1 is 1.41 bits per heavy atom. The van der Waals surface area contributed by atoms with Crippen molar-refractivity contribution in [1.29, 1.82) is 0 Å². The first-order valence-corrected chi connectivity index (χ1v) is 10.6. The maximum Gasteiger partial charge on any atom is 0.343 e. The number of hydrogen-bond donors (Lipinski definition) is 1. The summed E-state index contributed by atoms with van der Waals surface area (Å²) in [6, 6.07) is 0. The number of hydrogen-bond acceptors (Lipinski definition) is 5. The molecule has 0 radical (unpaired) electrons. The summed E-state index contributed by atoms with van der Waals surface area (Å²) in [5, 5.41) is 7.46. The van der Waals surface area contributed by atoms with Gasteiger partial charge >= 0.3 is 5.97 Å². The van der Waals surface area contributed by atoms with Gasteiger partial charge in [0, 0.05) is 13.2 Å². The molecule has 0 atom stereocenters. The second kappa shape index (κ2) is 7.28. The van der Waals surface area contributed by atoms with Gasteiger partial charge in [-0.15, -0.1) is 0 Å². The third kappa shape index (κ3) is 4.57. The molecule has 0 saturated carbocycles. The van der Waals surface area contributed by atoms with E-state index < -0.39 is 8.32 Å². The molecule has 0 unspecified atom stereocenters. The van der Waals surface area contributed by atoms with Crippen LogP contribution in [0.5, 0.6) is 0 Å². The van der Waals surface area contributed by atoms with Crippen LogP contribution >= 0.6 is 0 Å². The maximum absolute atomic E-state index is 11.9. The normalized spacial score (nSPS) is 12.3. The van der Waals surface area contributed by atoms with Crippen LogP contribution in [0.3, 0.4) is 0 Å². The summed E-state index contributed by atoms with van der Waals surface area (Å²) in [5.74, 6) is 0.175. The van der Waals surface area contributed by atoms with Crippen molar-refractivity contribution in [3.05, 3.63) is 11.8 Å². The van der Waals surface area contributed by atoms with E-state index in [4.69, 9.17) is 9.16 Å². The lowest BCUT2D eigenvalue weighted by Crippen LogP contribution is -2.41. The van der Waals surface area contributed by atoms with E-state index in [1.807, 2.05) is 0 Å². The van der Waals surface area contributed by atoms with Crippen LogP contribution in [-0.2, 0) is 15.7 Å². The summed E-state index contributed by atoms with van der Waals surface area (Å²) >= 11 is 0. The lowest BCUT2D eigenvalue weighted by Gasteiger charge is -2.36. The highest BCUT2D eigenvalue weighted by Crippen LogP contribution is 2.36. The van der Waals surface area contributed by atoms with Crippen LogP contribution < -0.4 is 5.32 Å². The van der Waals surface area contributed by atoms with Crippen LogP contribution in [0.1, 0.15) is 38.1 Å². The number of nitrogens with zero attached hydrogens (tertiary/aromatic N) is 2. The first kappa shape index (κ1) is 18.7. The van der Waals surface area contributed by atoms with E-state index in [9.17, 15) is 4.79 Å². The average Bonchev–Trinajstić information content (AvgIpc) is 2.81.